The van der Waals surface area contributed by atoms with E-state index in [4.69, 9.17) is 4.42 Å². The molecule has 1 aliphatic rings. The molecule has 0 bridgehead atoms. The first-order chi connectivity index (χ1) is 8.85. The van der Waals surface area contributed by atoms with E-state index >= 15 is 0 Å². The van der Waals surface area contributed by atoms with Crippen molar-refractivity contribution < 1.29 is 9.21 Å². The predicted octanol–water partition coefficient (Wildman–Crippen LogP) is 3.98. The minimum atomic E-state index is 0.303. The van der Waals surface area contributed by atoms with E-state index in [0.717, 1.165) is 49.7 Å². The Hall–Kier alpha value is -1.57. The van der Waals surface area contributed by atoms with Crippen LogP contribution in [0, 0.1) is 11.8 Å². The second-order valence-electron chi connectivity index (χ2n) is 5.37. The first-order valence-electron chi connectivity index (χ1n) is 6.78. The van der Waals surface area contributed by atoms with Crippen molar-refractivity contribution in [3.05, 3.63) is 36.1 Å². The Bertz CT molecular complexity index is 500. The van der Waals surface area contributed by atoms with Gasteiger partial charge in [-0.2, -0.15) is 0 Å². The van der Waals surface area contributed by atoms with Gasteiger partial charge in [0.2, 0.25) is 0 Å². The molecule has 0 saturated heterocycles. The van der Waals surface area contributed by atoms with E-state index in [0.29, 0.717) is 11.8 Å². The molecule has 1 aromatic heterocycles. The smallest absolute Gasteiger partial charge is 0.134 e. The lowest BCUT2D eigenvalue weighted by molar-refractivity contribution is -0.112. The average molecular weight is 242 g/mol. The molecule has 2 nitrogen and oxygen atoms in total. The molecule has 1 heterocycles. The van der Waals surface area contributed by atoms with E-state index in [-0.39, 0.29) is 0 Å². The van der Waals surface area contributed by atoms with E-state index in [1.54, 1.807) is 0 Å². The number of fused-ring (bicyclic) bond motifs is 1. The second-order valence-corrected chi connectivity index (χ2v) is 5.37. The van der Waals surface area contributed by atoms with E-state index in [2.05, 4.69) is 12.1 Å². The van der Waals surface area contributed by atoms with Crippen LogP contribution in [-0.4, -0.2) is 6.29 Å². The molecule has 1 aromatic carbocycles. The molecule has 18 heavy (non-hydrogen) atoms. The van der Waals surface area contributed by atoms with Gasteiger partial charge in [-0.25, -0.2) is 0 Å². The van der Waals surface area contributed by atoms with Crippen molar-refractivity contribution in [1.82, 2.24) is 0 Å². The molecule has 0 aliphatic heterocycles. The SMILES string of the molecule is O=CC1CCC(Cc2cc3ccccc3o2)CC1. The largest absolute Gasteiger partial charge is 0.461 e. The highest BCUT2D eigenvalue weighted by molar-refractivity contribution is 5.77. The van der Waals surface area contributed by atoms with Crippen molar-refractivity contribution in [3.8, 4) is 0 Å². The van der Waals surface area contributed by atoms with Gasteiger partial charge in [0.1, 0.15) is 17.6 Å². The van der Waals surface area contributed by atoms with E-state index < -0.39 is 0 Å². The van der Waals surface area contributed by atoms with E-state index in [9.17, 15) is 4.79 Å². The third-order valence-corrected chi connectivity index (χ3v) is 4.05. The third-order valence-electron chi connectivity index (χ3n) is 4.05. The normalized spacial score (nSPS) is 24.2. The van der Waals surface area contributed by atoms with Crippen molar-refractivity contribution in [2.75, 3.05) is 0 Å². The Balaban J connectivity index is 1.67. The van der Waals surface area contributed by atoms with Gasteiger partial charge in [-0.3, -0.25) is 0 Å². The van der Waals surface area contributed by atoms with Crippen molar-refractivity contribution >= 4 is 17.3 Å². The number of para-hydroxylation sites is 1. The van der Waals surface area contributed by atoms with Crippen LogP contribution in [0.2, 0.25) is 0 Å². The number of hydrogen-bond acceptors (Lipinski definition) is 2. The molecule has 0 unspecified atom stereocenters. The maximum Gasteiger partial charge on any atom is 0.134 e. The molecule has 0 N–H and O–H groups in total. The lowest BCUT2D eigenvalue weighted by atomic mass is 9.81. The summed E-state index contributed by atoms with van der Waals surface area (Å²) >= 11 is 0. The summed E-state index contributed by atoms with van der Waals surface area (Å²) in [6.07, 6.45) is 6.54. The summed E-state index contributed by atoms with van der Waals surface area (Å²) in [5.41, 5.74) is 0.981. The van der Waals surface area contributed by atoms with Crippen LogP contribution in [0.5, 0.6) is 0 Å². The van der Waals surface area contributed by atoms with Crippen LogP contribution in [0.25, 0.3) is 11.0 Å². The average Bonchev–Trinajstić information content (AvgIpc) is 2.82. The van der Waals surface area contributed by atoms with Crippen molar-refractivity contribution in [3.63, 3.8) is 0 Å². The monoisotopic (exact) mass is 242 g/mol. The second kappa shape index (κ2) is 4.97. The first-order valence-corrected chi connectivity index (χ1v) is 6.78. The standard InChI is InChI=1S/C16H18O2/c17-11-13-7-5-12(6-8-13)9-15-10-14-3-1-2-4-16(14)18-15/h1-4,10-13H,5-9H2. The molecule has 0 radical (unpaired) electrons. The van der Waals surface area contributed by atoms with Gasteiger partial charge in [-0.05, 0) is 43.7 Å². The summed E-state index contributed by atoms with van der Waals surface area (Å²) in [7, 11) is 0. The van der Waals surface area contributed by atoms with Gasteiger partial charge in [-0.1, -0.05) is 18.2 Å². The number of rotatable bonds is 3. The molecular weight excluding hydrogens is 224 g/mol. The fourth-order valence-corrected chi connectivity index (χ4v) is 2.95. The summed E-state index contributed by atoms with van der Waals surface area (Å²) < 4.78 is 5.85. The van der Waals surface area contributed by atoms with Gasteiger partial charge in [-0.15, -0.1) is 0 Å². The number of carbonyl (C=O) groups is 1. The highest BCUT2D eigenvalue weighted by atomic mass is 16.3. The minimum absolute atomic E-state index is 0.303. The summed E-state index contributed by atoms with van der Waals surface area (Å²) in [6, 6.07) is 10.3. The van der Waals surface area contributed by atoms with Crippen molar-refractivity contribution in [1.29, 1.82) is 0 Å². The highest BCUT2D eigenvalue weighted by Crippen LogP contribution is 2.31. The molecule has 0 amide bonds. The topological polar surface area (TPSA) is 30.2 Å². The van der Waals surface area contributed by atoms with Crippen LogP contribution >= 0.6 is 0 Å². The summed E-state index contributed by atoms with van der Waals surface area (Å²) in [6.45, 7) is 0. The number of benzene rings is 1. The summed E-state index contributed by atoms with van der Waals surface area (Å²) in [5.74, 6) is 2.07. The zero-order valence-electron chi connectivity index (χ0n) is 10.5. The molecule has 1 fully saturated rings. The van der Waals surface area contributed by atoms with Crippen LogP contribution in [0.4, 0.5) is 0 Å². The zero-order valence-corrected chi connectivity index (χ0v) is 10.5. The summed E-state index contributed by atoms with van der Waals surface area (Å²) in [5, 5.41) is 1.19. The maximum absolute atomic E-state index is 10.7. The lowest BCUT2D eigenvalue weighted by Gasteiger charge is -2.24. The Labute approximate surface area is 107 Å². The minimum Gasteiger partial charge on any atom is -0.461 e. The van der Waals surface area contributed by atoms with Crippen LogP contribution in [0.15, 0.2) is 34.7 Å². The first kappa shape index (κ1) is 11.5. The molecule has 94 valence electrons. The third kappa shape index (κ3) is 2.33. The molecule has 2 aromatic rings. The fourth-order valence-electron chi connectivity index (χ4n) is 2.95. The van der Waals surface area contributed by atoms with Gasteiger partial charge in [0.05, 0.1) is 0 Å². The molecule has 2 heteroatoms. The Morgan fingerprint density at radius 3 is 2.67 bits per heavy atom. The molecule has 3 rings (SSSR count). The van der Waals surface area contributed by atoms with Crippen molar-refractivity contribution in [2.24, 2.45) is 11.8 Å². The van der Waals surface area contributed by atoms with Gasteiger partial charge < -0.3 is 9.21 Å². The van der Waals surface area contributed by atoms with Gasteiger partial charge >= 0.3 is 0 Å². The van der Waals surface area contributed by atoms with Crippen LogP contribution < -0.4 is 0 Å². The molecule has 0 spiro atoms. The zero-order chi connectivity index (χ0) is 12.4. The van der Waals surface area contributed by atoms with Crippen LogP contribution in [0.1, 0.15) is 31.4 Å². The summed E-state index contributed by atoms with van der Waals surface area (Å²) in [4.78, 5) is 10.7. The molecule has 1 saturated carbocycles. The van der Waals surface area contributed by atoms with Gasteiger partial charge in [0.15, 0.2) is 0 Å². The van der Waals surface area contributed by atoms with Gasteiger partial charge in [0, 0.05) is 17.7 Å². The van der Waals surface area contributed by atoms with Crippen LogP contribution in [0.3, 0.4) is 0 Å². The predicted molar refractivity (Wildman–Crippen MR) is 71.4 cm³/mol. The number of carbonyl (C=O) groups excluding carboxylic acids is 1. The molecule has 0 atom stereocenters. The van der Waals surface area contributed by atoms with E-state index in [1.807, 2.05) is 18.2 Å². The van der Waals surface area contributed by atoms with Crippen molar-refractivity contribution in [2.45, 2.75) is 32.1 Å². The lowest BCUT2D eigenvalue weighted by Crippen LogP contribution is -2.16. The maximum atomic E-state index is 10.7. The number of aldehydes is 1. The fraction of sp³-hybridized carbons (Fsp3) is 0.438. The molecule has 1 aliphatic carbocycles. The number of furan rings is 1. The Kier molecular flexibility index (Phi) is 3.18. The van der Waals surface area contributed by atoms with Gasteiger partial charge in [0.25, 0.3) is 0 Å². The number of hydrogen-bond donors (Lipinski definition) is 0. The Morgan fingerprint density at radius 2 is 1.94 bits per heavy atom. The Morgan fingerprint density at radius 1 is 1.17 bits per heavy atom. The quantitative estimate of drug-likeness (QED) is 0.762. The highest BCUT2D eigenvalue weighted by Gasteiger charge is 2.21. The molecular formula is C16H18O2. The van der Waals surface area contributed by atoms with E-state index in [1.165, 1.54) is 5.39 Å². The van der Waals surface area contributed by atoms with Crippen LogP contribution in [-0.2, 0) is 11.2 Å².